The van der Waals surface area contributed by atoms with E-state index in [-0.39, 0.29) is 11.8 Å². The Balaban J connectivity index is 1.73. The molecule has 0 spiro atoms. The van der Waals surface area contributed by atoms with E-state index in [2.05, 4.69) is 5.32 Å². The van der Waals surface area contributed by atoms with Crippen LogP contribution in [0.15, 0.2) is 78.9 Å². The maximum Gasteiger partial charge on any atom is 0.258 e. The zero-order valence-electron chi connectivity index (χ0n) is 14.8. The SMILES string of the molecule is Cc1ccccc1NC(=O)c1ccc(C(=O)N(C)c2ccccc2)cc1. The van der Waals surface area contributed by atoms with Gasteiger partial charge in [0, 0.05) is 29.5 Å². The number of hydrogen-bond acceptors (Lipinski definition) is 2. The molecule has 0 saturated heterocycles. The second-order valence-electron chi connectivity index (χ2n) is 6.05. The molecule has 0 aromatic heterocycles. The van der Waals surface area contributed by atoms with Gasteiger partial charge in [-0.05, 0) is 55.0 Å². The lowest BCUT2D eigenvalue weighted by atomic mass is 10.1. The first kappa shape index (κ1) is 17.4. The lowest BCUT2D eigenvalue weighted by Crippen LogP contribution is -2.26. The second kappa shape index (κ2) is 7.66. The van der Waals surface area contributed by atoms with Gasteiger partial charge in [0.1, 0.15) is 0 Å². The van der Waals surface area contributed by atoms with Crippen molar-refractivity contribution >= 4 is 23.2 Å². The molecule has 0 saturated carbocycles. The fourth-order valence-electron chi connectivity index (χ4n) is 2.63. The third-order valence-corrected chi connectivity index (χ3v) is 4.24. The molecule has 0 unspecified atom stereocenters. The standard InChI is InChI=1S/C22H20N2O2/c1-16-8-6-7-11-20(16)23-21(25)17-12-14-18(15-13-17)22(26)24(2)19-9-4-3-5-10-19/h3-15H,1-2H3,(H,23,25). The molecule has 0 radical (unpaired) electrons. The first-order chi connectivity index (χ1) is 12.6. The van der Waals surface area contributed by atoms with Gasteiger partial charge in [-0.2, -0.15) is 0 Å². The summed E-state index contributed by atoms with van der Waals surface area (Å²) in [5.74, 6) is -0.322. The Bertz CT molecular complexity index is 918. The molecule has 3 aromatic rings. The summed E-state index contributed by atoms with van der Waals surface area (Å²) in [6.07, 6.45) is 0. The minimum absolute atomic E-state index is 0.123. The summed E-state index contributed by atoms with van der Waals surface area (Å²) in [5.41, 5.74) is 3.63. The average molecular weight is 344 g/mol. The maximum atomic E-state index is 12.6. The molecule has 0 aliphatic rings. The van der Waals surface area contributed by atoms with Crippen molar-refractivity contribution in [3.05, 3.63) is 95.6 Å². The monoisotopic (exact) mass is 344 g/mol. The number of rotatable bonds is 4. The summed E-state index contributed by atoms with van der Waals surface area (Å²) in [4.78, 5) is 26.6. The van der Waals surface area contributed by atoms with Gasteiger partial charge in [-0.25, -0.2) is 0 Å². The average Bonchev–Trinajstić information content (AvgIpc) is 2.69. The Hall–Kier alpha value is -3.40. The van der Waals surface area contributed by atoms with E-state index in [1.165, 1.54) is 0 Å². The van der Waals surface area contributed by atoms with Gasteiger partial charge in [0.15, 0.2) is 0 Å². The van der Waals surface area contributed by atoms with Gasteiger partial charge in [0.2, 0.25) is 0 Å². The number of anilines is 2. The molecule has 130 valence electrons. The van der Waals surface area contributed by atoms with E-state index in [1.54, 1.807) is 36.2 Å². The number of benzene rings is 3. The van der Waals surface area contributed by atoms with E-state index >= 15 is 0 Å². The van der Waals surface area contributed by atoms with Crippen LogP contribution in [-0.4, -0.2) is 18.9 Å². The molecular formula is C22H20N2O2. The van der Waals surface area contributed by atoms with Crippen LogP contribution in [0.25, 0.3) is 0 Å². The summed E-state index contributed by atoms with van der Waals surface area (Å²) >= 11 is 0. The van der Waals surface area contributed by atoms with Crippen molar-refractivity contribution in [3.63, 3.8) is 0 Å². The van der Waals surface area contributed by atoms with Crippen LogP contribution in [-0.2, 0) is 0 Å². The molecule has 0 heterocycles. The first-order valence-electron chi connectivity index (χ1n) is 8.36. The smallest absolute Gasteiger partial charge is 0.258 e. The molecule has 0 aliphatic heterocycles. The van der Waals surface area contributed by atoms with E-state index in [0.717, 1.165) is 16.9 Å². The molecule has 3 rings (SSSR count). The number of aryl methyl sites for hydroxylation is 1. The zero-order valence-corrected chi connectivity index (χ0v) is 14.8. The third kappa shape index (κ3) is 3.81. The fraction of sp³-hybridized carbons (Fsp3) is 0.0909. The Labute approximate surface area is 153 Å². The highest BCUT2D eigenvalue weighted by Crippen LogP contribution is 2.17. The van der Waals surface area contributed by atoms with Gasteiger partial charge in [-0.3, -0.25) is 9.59 Å². The van der Waals surface area contributed by atoms with Crippen molar-refractivity contribution < 1.29 is 9.59 Å². The number of nitrogens with one attached hydrogen (secondary N) is 1. The molecule has 3 aromatic carbocycles. The summed E-state index contributed by atoms with van der Waals surface area (Å²) in [5, 5.41) is 2.89. The summed E-state index contributed by atoms with van der Waals surface area (Å²) < 4.78 is 0. The first-order valence-corrected chi connectivity index (χ1v) is 8.36. The van der Waals surface area contributed by atoms with E-state index < -0.39 is 0 Å². The number of carbonyl (C=O) groups excluding carboxylic acids is 2. The van der Waals surface area contributed by atoms with Crippen LogP contribution in [0.2, 0.25) is 0 Å². The minimum atomic E-state index is -0.199. The molecule has 1 N–H and O–H groups in total. The molecule has 0 atom stereocenters. The van der Waals surface area contributed by atoms with Crippen LogP contribution in [0.5, 0.6) is 0 Å². The van der Waals surface area contributed by atoms with Gasteiger partial charge in [0.05, 0.1) is 0 Å². The topological polar surface area (TPSA) is 49.4 Å². The number of nitrogens with zero attached hydrogens (tertiary/aromatic N) is 1. The Kier molecular flexibility index (Phi) is 5.13. The predicted octanol–water partition coefficient (Wildman–Crippen LogP) is 4.52. The van der Waals surface area contributed by atoms with Crippen LogP contribution in [0.4, 0.5) is 11.4 Å². The van der Waals surface area contributed by atoms with Crippen molar-refractivity contribution in [2.75, 3.05) is 17.3 Å². The highest BCUT2D eigenvalue weighted by atomic mass is 16.2. The summed E-state index contributed by atoms with van der Waals surface area (Å²) in [7, 11) is 1.73. The second-order valence-corrected chi connectivity index (χ2v) is 6.05. The quantitative estimate of drug-likeness (QED) is 0.756. The lowest BCUT2D eigenvalue weighted by molar-refractivity contribution is 0.0989. The number of amides is 2. The van der Waals surface area contributed by atoms with Crippen LogP contribution in [0.1, 0.15) is 26.3 Å². The van der Waals surface area contributed by atoms with Gasteiger partial charge < -0.3 is 10.2 Å². The molecule has 0 fully saturated rings. The van der Waals surface area contributed by atoms with E-state index in [4.69, 9.17) is 0 Å². The predicted molar refractivity (Wildman–Crippen MR) is 105 cm³/mol. The molecular weight excluding hydrogens is 324 g/mol. The normalized spacial score (nSPS) is 10.2. The van der Waals surface area contributed by atoms with Gasteiger partial charge in [0.25, 0.3) is 11.8 Å². The Morgan fingerprint density at radius 3 is 2.00 bits per heavy atom. The minimum Gasteiger partial charge on any atom is -0.322 e. The highest BCUT2D eigenvalue weighted by molar-refractivity contribution is 6.08. The Morgan fingerprint density at radius 1 is 0.769 bits per heavy atom. The molecule has 2 amide bonds. The highest BCUT2D eigenvalue weighted by Gasteiger charge is 2.14. The molecule has 0 aliphatic carbocycles. The molecule has 0 bridgehead atoms. The van der Waals surface area contributed by atoms with Crippen LogP contribution >= 0.6 is 0 Å². The lowest BCUT2D eigenvalue weighted by Gasteiger charge is -2.17. The van der Waals surface area contributed by atoms with Crippen molar-refractivity contribution in [1.82, 2.24) is 0 Å². The van der Waals surface area contributed by atoms with Crippen molar-refractivity contribution in [3.8, 4) is 0 Å². The van der Waals surface area contributed by atoms with Crippen LogP contribution in [0, 0.1) is 6.92 Å². The number of para-hydroxylation sites is 2. The molecule has 4 nitrogen and oxygen atoms in total. The van der Waals surface area contributed by atoms with Gasteiger partial charge in [-0.15, -0.1) is 0 Å². The van der Waals surface area contributed by atoms with Gasteiger partial charge >= 0.3 is 0 Å². The molecule has 4 heteroatoms. The maximum absolute atomic E-state index is 12.6. The summed E-state index contributed by atoms with van der Waals surface area (Å²) in [6.45, 7) is 1.94. The fourth-order valence-corrected chi connectivity index (χ4v) is 2.63. The van der Waals surface area contributed by atoms with Crippen LogP contribution < -0.4 is 10.2 Å². The van der Waals surface area contributed by atoms with Crippen LogP contribution in [0.3, 0.4) is 0 Å². The Morgan fingerprint density at radius 2 is 1.35 bits per heavy atom. The number of hydrogen-bond donors (Lipinski definition) is 1. The zero-order chi connectivity index (χ0) is 18.5. The van der Waals surface area contributed by atoms with E-state index in [1.807, 2.05) is 61.5 Å². The third-order valence-electron chi connectivity index (χ3n) is 4.24. The molecule has 26 heavy (non-hydrogen) atoms. The van der Waals surface area contributed by atoms with Crippen molar-refractivity contribution in [2.45, 2.75) is 6.92 Å². The largest absolute Gasteiger partial charge is 0.322 e. The van der Waals surface area contributed by atoms with Crippen molar-refractivity contribution in [1.29, 1.82) is 0 Å². The van der Waals surface area contributed by atoms with Crippen molar-refractivity contribution in [2.24, 2.45) is 0 Å². The summed E-state index contributed by atoms with van der Waals surface area (Å²) in [6, 6.07) is 23.7. The van der Waals surface area contributed by atoms with E-state index in [0.29, 0.717) is 11.1 Å². The van der Waals surface area contributed by atoms with E-state index in [9.17, 15) is 9.59 Å². The number of carbonyl (C=O) groups is 2. The van der Waals surface area contributed by atoms with Gasteiger partial charge in [-0.1, -0.05) is 36.4 Å².